The topological polar surface area (TPSA) is 84.0 Å². The number of carbonyl (C=O) groups is 2. The van der Waals surface area contributed by atoms with Gasteiger partial charge in [0.05, 0.1) is 10.5 Å². The van der Waals surface area contributed by atoms with Crippen molar-refractivity contribution in [3.63, 3.8) is 0 Å². The summed E-state index contributed by atoms with van der Waals surface area (Å²) in [6, 6.07) is 2.99. The highest BCUT2D eigenvalue weighted by Gasteiger charge is 2.26. The minimum atomic E-state index is -3.84. The SMILES string of the molecule is CCN(CC)S(=O)(=O)c1ccc(F)c(C(=O)OCC(=O)N2CCC(C)CC2)c1. The van der Waals surface area contributed by atoms with Gasteiger partial charge in [0.2, 0.25) is 10.0 Å². The number of hydrogen-bond acceptors (Lipinski definition) is 5. The van der Waals surface area contributed by atoms with Gasteiger partial charge < -0.3 is 9.64 Å². The molecule has 9 heteroatoms. The number of nitrogens with zero attached hydrogens (tertiary/aromatic N) is 2. The molecular formula is C19H27FN2O5S. The number of carbonyl (C=O) groups excluding carboxylic acids is 2. The number of amides is 1. The van der Waals surface area contributed by atoms with E-state index >= 15 is 0 Å². The molecule has 1 amide bonds. The zero-order valence-corrected chi connectivity index (χ0v) is 17.3. The van der Waals surface area contributed by atoms with Crippen molar-refractivity contribution in [3.05, 3.63) is 29.6 Å². The Hall–Kier alpha value is -2.00. The number of benzene rings is 1. The first-order valence-corrected chi connectivity index (χ1v) is 10.9. The molecule has 1 aromatic carbocycles. The van der Waals surface area contributed by atoms with Crippen LogP contribution in [0.15, 0.2) is 23.1 Å². The van der Waals surface area contributed by atoms with Crippen LogP contribution in [0, 0.1) is 11.7 Å². The van der Waals surface area contributed by atoms with E-state index in [1.165, 1.54) is 4.31 Å². The maximum atomic E-state index is 14.1. The third-order valence-electron chi connectivity index (χ3n) is 4.96. The summed E-state index contributed by atoms with van der Waals surface area (Å²) < 4.78 is 45.4. The second-order valence-corrected chi connectivity index (χ2v) is 8.81. The smallest absolute Gasteiger partial charge is 0.341 e. The molecule has 1 saturated heterocycles. The molecule has 0 bridgehead atoms. The van der Waals surface area contributed by atoms with Gasteiger partial charge in [-0.3, -0.25) is 4.79 Å². The molecule has 1 aromatic rings. The zero-order chi connectivity index (χ0) is 20.9. The Morgan fingerprint density at radius 2 is 1.82 bits per heavy atom. The minimum Gasteiger partial charge on any atom is -0.452 e. The van der Waals surface area contributed by atoms with E-state index in [2.05, 4.69) is 6.92 Å². The van der Waals surface area contributed by atoms with Crippen LogP contribution in [0.4, 0.5) is 4.39 Å². The first-order chi connectivity index (χ1) is 13.2. The van der Waals surface area contributed by atoms with Crippen molar-refractivity contribution < 1.29 is 27.1 Å². The molecule has 7 nitrogen and oxygen atoms in total. The van der Waals surface area contributed by atoms with Crippen LogP contribution in [-0.4, -0.2) is 62.3 Å². The summed E-state index contributed by atoms with van der Waals surface area (Å²) in [4.78, 5) is 25.8. The highest BCUT2D eigenvalue weighted by molar-refractivity contribution is 7.89. The van der Waals surface area contributed by atoms with Gasteiger partial charge in [-0.15, -0.1) is 0 Å². The Bertz CT molecular complexity index is 816. The van der Waals surface area contributed by atoms with Crippen molar-refractivity contribution in [3.8, 4) is 0 Å². The molecule has 0 atom stereocenters. The molecular weight excluding hydrogens is 387 g/mol. The monoisotopic (exact) mass is 414 g/mol. The van der Waals surface area contributed by atoms with Gasteiger partial charge in [0.1, 0.15) is 5.82 Å². The van der Waals surface area contributed by atoms with Crippen molar-refractivity contribution in [2.24, 2.45) is 5.92 Å². The molecule has 0 saturated carbocycles. The van der Waals surface area contributed by atoms with Crippen LogP contribution in [0.1, 0.15) is 44.0 Å². The van der Waals surface area contributed by atoms with Gasteiger partial charge in [0.15, 0.2) is 6.61 Å². The lowest BCUT2D eigenvalue weighted by Gasteiger charge is -2.30. The van der Waals surface area contributed by atoms with Crippen LogP contribution in [0.2, 0.25) is 0 Å². The molecule has 156 valence electrons. The largest absolute Gasteiger partial charge is 0.452 e. The summed E-state index contributed by atoms with van der Waals surface area (Å²) in [6.45, 7) is 6.69. The second-order valence-electron chi connectivity index (χ2n) is 6.87. The number of piperidine rings is 1. The number of rotatable bonds is 7. The van der Waals surface area contributed by atoms with Crippen molar-refractivity contribution in [2.75, 3.05) is 32.8 Å². The quantitative estimate of drug-likeness (QED) is 0.639. The lowest BCUT2D eigenvalue weighted by Crippen LogP contribution is -2.40. The Labute approximate surface area is 165 Å². The van der Waals surface area contributed by atoms with Crippen molar-refractivity contribution in [1.82, 2.24) is 9.21 Å². The van der Waals surface area contributed by atoms with Gasteiger partial charge in [-0.2, -0.15) is 4.31 Å². The molecule has 28 heavy (non-hydrogen) atoms. The van der Waals surface area contributed by atoms with E-state index in [4.69, 9.17) is 4.74 Å². The Kier molecular flexibility index (Phi) is 7.54. The number of sulfonamides is 1. The maximum absolute atomic E-state index is 14.1. The number of likely N-dealkylation sites (tertiary alicyclic amines) is 1. The molecule has 0 unspecified atom stereocenters. The third-order valence-corrected chi connectivity index (χ3v) is 7.01. The van der Waals surface area contributed by atoms with Crippen LogP contribution >= 0.6 is 0 Å². The van der Waals surface area contributed by atoms with Gasteiger partial charge in [-0.1, -0.05) is 20.8 Å². The van der Waals surface area contributed by atoms with E-state index in [-0.39, 0.29) is 23.9 Å². The van der Waals surface area contributed by atoms with Gasteiger partial charge in [-0.05, 0) is 37.0 Å². The Balaban J connectivity index is 2.10. The number of hydrogen-bond donors (Lipinski definition) is 0. The molecule has 0 aromatic heterocycles. The molecule has 0 radical (unpaired) electrons. The van der Waals surface area contributed by atoms with E-state index < -0.39 is 34.0 Å². The number of halogens is 1. The summed E-state index contributed by atoms with van der Waals surface area (Å²) in [5.74, 6) is -1.75. The summed E-state index contributed by atoms with van der Waals surface area (Å²) in [6.07, 6.45) is 1.78. The van der Waals surface area contributed by atoms with E-state index in [0.29, 0.717) is 19.0 Å². The number of ether oxygens (including phenoxy) is 1. The second kappa shape index (κ2) is 9.47. The molecule has 1 aliphatic rings. The van der Waals surface area contributed by atoms with E-state index in [1.807, 2.05) is 0 Å². The highest BCUT2D eigenvalue weighted by Crippen LogP contribution is 2.20. The van der Waals surface area contributed by atoms with Gasteiger partial charge in [0.25, 0.3) is 5.91 Å². The summed E-state index contributed by atoms with van der Waals surface area (Å²) >= 11 is 0. The lowest BCUT2D eigenvalue weighted by molar-refractivity contribution is -0.135. The fraction of sp³-hybridized carbons (Fsp3) is 0.579. The van der Waals surface area contributed by atoms with Gasteiger partial charge in [-0.25, -0.2) is 17.6 Å². The molecule has 1 heterocycles. The fourth-order valence-electron chi connectivity index (χ4n) is 3.09. The summed E-state index contributed by atoms with van der Waals surface area (Å²) in [5, 5.41) is 0. The third kappa shape index (κ3) is 5.08. The van der Waals surface area contributed by atoms with Crippen LogP contribution in [0.5, 0.6) is 0 Å². The average molecular weight is 414 g/mol. The highest BCUT2D eigenvalue weighted by atomic mass is 32.2. The van der Waals surface area contributed by atoms with Crippen LogP contribution in [-0.2, 0) is 19.6 Å². The minimum absolute atomic E-state index is 0.194. The normalized spacial score (nSPS) is 15.7. The molecule has 2 rings (SSSR count). The summed E-state index contributed by atoms with van der Waals surface area (Å²) in [5.41, 5.74) is -0.506. The zero-order valence-electron chi connectivity index (χ0n) is 16.5. The van der Waals surface area contributed by atoms with Gasteiger partial charge in [0, 0.05) is 26.2 Å². The van der Waals surface area contributed by atoms with Crippen LogP contribution < -0.4 is 0 Å². The molecule has 0 spiro atoms. The predicted molar refractivity (Wildman–Crippen MR) is 102 cm³/mol. The van der Waals surface area contributed by atoms with Gasteiger partial charge >= 0.3 is 5.97 Å². The molecule has 0 N–H and O–H groups in total. The first kappa shape index (κ1) is 22.3. The predicted octanol–water partition coefficient (Wildman–Crippen LogP) is 2.27. The number of esters is 1. The first-order valence-electron chi connectivity index (χ1n) is 9.45. The van der Waals surface area contributed by atoms with Crippen molar-refractivity contribution in [1.29, 1.82) is 0 Å². The van der Waals surface area contributed by atoms with Crippen LogP contribution in [0.3, 0.4) is 0 Å². The van der Waals surface area contributed by atoms with Crippen molar-refractivity contribution in [2.45, 2.75) is 38.5 Å². The molecule has 1 fully saturated rings. The van der Waals surface area contributed by atoms with E-state index in [1.54, 1.807) is 18.7 Å². The summed E-state index contributed by atoms with van der Waals surface area (Å²) in [7, 11) is -3.84. The average Bonchev–Trinajstić information content (AvgIpc) is 2.67. The Morgan fingerprint density at radius 1 is 1.21 bits per heavy atom. The Morgan fingerprint density at radius 3 is 2.39 bits per heavy atom. The van der Waals surface area contributed by atoms with E-state index in [0.717, 1.165) is 31.0 Å². The van der Waals surface area contributed by atoms with E-state index in [9.17, 15) is 22.4 Å². The van der Waals surface area contributed by atoms with Crippen molar-refractivity contribution >= 4 is 21.9 Å². The molecule has 0 aliphatic carbocycles. The van der Waals surface area contributed by atoms with Crippen LogP contribution in [0.25, 0.3) is 0 Å². The standard InChI is InChI=1S/C19H27FN2O5S/c1-4-22(5-2)28(25,26)15-6-7-17(20)16(12-15)19(24)27-13-18(23)21-10-8-14(3)9-11-21/h6-7,12,14H,4-5,8-11,13H2,1-3H3. The maximum Gasteiger partial charge on any atom is 0.341 e. The fourth-order valence-corrected chi connectivity index (χ4v) is 4.57. The lowest BCUT2D eigenvalue weighted by atomic mass is 9.99. The molecule has 1 aliphatic heterocycles.